The average Bonchev–Trinajstić information content (AvgIpc) is 2.80. The minimum atomic E-state index is 0.657. The van der Waals surface area contributed by atoms with Crippen LogP contribution in [0.25, 0.3) is 11.0 Å². The number of ether oxygens (including phenoxy) is 1. The number of rotatable bonds is 4. The largest absolute Gasteiger partial charge is 0.494 e. The smallest absolute Gasteiger partial charge is 0.171 e. The molecule has 0 amide bonds. The third-order valence-corrected chi connectivity index (χ3v) is 3.69. The predicted octanol–water partition coefficient (Wildman–Crippen LogP) is 3.70. The van der Waals surface area contributed by atoms with E-state index in [1.165, 1.54) is 0 Å². The van der Waals surface area contributed by atoms with Gasteiger partial charge in [-0.3, -0.25) is 0 Å². The summed E-state index contributed by atoms with van der Waals surface area (Å²) in [6.45, 7) is 2.63. The molecule has 0 spiro atoms. The molecule has 3 rings (SSSR count). The first-order chi connectivity index (χ1) is 9.74. The van der Waals surface area contributed by atoms with Crippen LogP contribution in [-0.2, 0) is 0 Å². The van der Waals surface area contributed by atoms with Crippen molar-refractivity contribution in [3.8, 4) is 5.75 Å². The molecule has 20 heavy (non-hydrogen) atoms. The predicted molar refractivity (Wildman–Crippen MR) is 82.2 cm³/mol. The Balaban J connectivity index is 1.89. The molecule has 5 heteroatoms. The van der Waals surface area contributed by atoms with E-state index in [2.05, 4.69) is 9.97 Å². The first-order valence-corrected chi connectivity index (χ1v) is 7.22. The number of nitrogens with two attached hydrogens (primary N) is 1. The van der Waals surface area contributed by atoms with Gasteiger partial charge >= 0.3 is 0 Å². The Morgan fingerprint density at radius 3 is 2.95 bits per heavy atom. The van der Waals surface area contributed by atoms with Crippen LogP contribution in [0.4, 0.5) is 5.69 Å². The van der Waals surface area contributed by atoms with Crippen molar-refractivity contribution in [1.29, 1.82) is 0 Å². The van der Waals surface area contributed by atoms with E-state index in [-0.39, 0.29) is 0 Å². The molecule has 3 N–H and O–H groups in total. The van der Waals surface area contributed by atoms with Gasteiger partial charge in [-0.05, 0) is 37.3 Å². The van der Waals surface area contributed by atoms with Gasteiger partial charge < -0.3 is 15.5 Å². The fourth-order valence-electron chi connectivity index (χ4n) is 1.96. The Hall–Kier alpha value is -2.14. The molecule has 1 aromatic heterocycles. The number of fused-ring (bicyclic) bond motifs is 1. The number of anilines is 1. The molecule has 0 saturated heterocycles. The number of hydrogen-bond acceptors (Lipinski definition) is 4. The molecule has 2 aromatic carbocycles. The van der Waals surface area contributed by atoms with Crippen LogP contribution in [0.1, 0.15) is 6.92 Å². The maximum atomic E-state index is 5.78. The second-order valence-electron chi connectivity index (χ2n) is 4.33. The highest BCUT2D eigenvalue weighted by atomic mass is 32.2. The van der Waals surface area contributed by atoms with E-state index in [0.29, 0.717) is 6.61 Å². The molecule has 0 atom stereocenters. The third kappa shape index (κ3) is 2.72. The van der Waals surface area contributed by atoms with Crippen molar-refractivity contribution in [1.82, 2.24) is 9.97 Å². The second-order valence-corrected chi connectivity index (χ2v) is 5.39. The van der Waals surface area contributed by atoms with Gasteiger partial charge in [-0.15, -0.1) is 0 Å². The van der Waals surface area contributed by atoms with Gasteiger partial charge in [-0.25, -0.2) is 4.98 Å². The first-order valence-electron chi connectivity index (χ1n) is 6.40. The first kappa shape index (κ1) is 12.9. The maximum Gasteiger partial charge on any atom is 0.171 e. The normalized spacial score (nSPS) is 10.8. The highest BCUT2D eigenvalue weighted by Gasteiger charge is 2.06. The molecule has 0 unspecified atom stereocenters. The monoisotopic (exact) mass is 285 g/mol. The molecule has 0 radical (unpaired) electrons. The number of nitrogen functional groups attached to an aromatic ring is 1. The fraction of sp³-hybridized carbons (Fsp3) is 0.133. The Bertz CT molecular complexity index is 739. The van der Waals surface area contributed by atoms with Gasteiger partial charge in [0.15, 0.2) is 5.16 Å². The highest BCUT2D eigenvalue weighted by Crippen LogP contribution is 2.29. The van der Waals surface area contributed by atoms with Crippen molar-refractivity contribution in [2.75, 3.05) is 12.3 Å². The van der Waals surface area contributed by atoms with Gasteiger partial charge in [-0.2, -0.15) is 0 Å². The SMILES string of the molecule is CCOc1ccc2nc(Sc3cccc(N)c3)[nH]c2c1. The van der Waals surface area contributed by atoms with Gasteiger partial charge in [0.25, 0.3) is 0 Å². The molecule has 0 aliphatic carbocycles. The van der Waals surface area contributed by atoms with E-state index in [1.807, 2.05) is 49.4 Å². The van der Waals surface area contributed by atoms with Crippen molar-refractivity contribution in [3.63, 3.8) is 0 Å². The molecule has 0 bridgehead atoms. The van der Waals surface area contributed by atoms with Gasteiger partial charge in [-0.1, -0.05) is 17.8 Å². The number of imidazole rings is 1. The number of nitrogens with zero attached hydrogens (tertiary/aromatic N) is 1. The number of benzene rings is 2. The van der Waals surface area contributed by atoms with Crippen LogP contribution in [-0.4, -0.2) is 16.6 Å². The summed E-state index contributed by atoms with van der Waals surface area (Å²) >= 11 is 1.56. The lowest BCUT2D eigenvalue weighted by atomic mass is 10.3. The van der Waals surface area contributed by atoms with Crippen molar-refractivity contribution in [3.05, 3.63) is 42.5 Å². The number of nitrogens with one attached hydrogen (secondary N) is 1. The summed E-state index contributed by atoms with van der Waals surface area (Å²) in [5, 5.41) is 0.847. The molecular formula is C15H15N3OS. The Kier molecular flexibility index (Phi) is 3.52. The lowest BCUT2D eigenvalue weighted by Crippen LogP contribution is -1.90. The van der Waals surface area contributed by atoms with Gasteiger partial charge in [0.05, 0.1) is 17.6 Å². The van der Waals surface area contributed by atoms with Crippen LogP contribution in [0, 0.1) is 0 Å². The summed E-state index contributed by atoms with van der Waals surface area (Å²) in [6.07, 6.45) is 0. The molecule has 0 aliphatic rings. The maximum absolute atomic E-state index is 5.78. The Morgan fingerprint density at radius 1 is 1.25 bits per heavy atom. The molecule has 4 nitrogen and oxygen atoms in total. The summed E-state index contributed by atoms with van der Waals surface area (Å²) in [5.41, 5.74) is 8.44. The van der Waals surface area contributed by atoms with E-state index in [0.717, 1.165) is 32.5 Å². The van der Waals surface area contributed by atoms with Crippen molar-refractivity contribution < 1.29 is 4.74 Å². The standard InChI is InChI=1S/C15H15N3OS/c1-2-19-11-6-7-13-14(9-11)18-15(17-13)20-12-5-3-4-10(16)8-12/h3-9H,2,16H2,1H3,(H,17,18). The van der Waals surface area contributed by atoms with Crippen molar-refractivity contribution >= 4 is 28.5 Å². The zero-order valence-electron chi connectivity index (χ0n) is 11.1. The summed E-state index contributed by atoms with van der Waals surface area (Å²) in [6, 6.07) is 13.6. The summed E-state index contributed by atoms with van der Waals surface area (Å²) in [7, 11) is 0. The lowest BCUT2D eigenvalue weighted by Gasteiger charge is -2.00. The van der Waals surface area contributed by atoms with Crippen LogP contribution in [0.2, 0.25) is 0 Å². The van der Waals surface area contributed by atoms with E-state index >= 15 is 0 Å². The van der Waals surface area contributed by atoms with Crippen LogP contribution in [0.3, 0.4) is 0 Å². The summed E-state index contributed by atoms with van der Waals surface area (Å²) < 4.78 is 5.49. The number of H-pyrrole nitrogens is 1. The average molecular weight is 285 g/mol. The van der Waals surface area contributed by atoms with Crippen LogP contribution < -0.4 is 10.5 Å². The van der Waals surface area contributed by atoms with Gasteiger partial charge in [0.1, 0.15) is 5.75 Å². The van der Waals surface area contributed by atoms with E-state index in [9.17, 15) is 0 Å². The zero-order chi connectivity index (χ0) is 13.9. The second kappa shape index (κ2) is 5.46. The van der Waals surface area contributed by atoms with Crippen molar-refractivity contribution in [2.45, 2.75) is 17.0 Å². The Morgan fingerprint density at radius 2 is 2.15 bits per heavy atom. The van der Waals surface area contributed by atoms with Crippen LogP contribution in [0.5, 0.6) is 5.75 Å². The summed E-state index contributed by atoms with van der Waals surface area (Å²) in [4.78, 5) is 8.91. The third-order valence-electron chi connectivity index (χ3n) is 2.82. The van der Waals surface area contributed by atoms with Crippen molar-refractivity contribution in [2.24, 2.45) is 0 Å². The Labute approximate surface area is 121 Å². The molecule has 1 heterocycles. The lowest BCUT2D eigenvalue weighted by molar-refractivity contribution is 0.340. The molecule has 102 valence electrons. The topological polar surface area (TPSA) is 63.9 Å². The van der Waals surface area contributed by atoms with Crippen LogP contribution in [0.15, 0.2) is 52.5 Å². The van der Waals surface area contributed by atoms with E-state index in [4.69, 9.17) is 10.5 Å². The number of hydrogen-bond donors (Lipinski definition) is 2. The minimum absolute atomic E-state index is 0.657. The minimum Gasteiger partial charge on any atom is -0.494 e. The van der Waals surface area contributed by atoms with Gasteiger partial charge in [0, 0.05) is 16.6 Å². The van der Waals surface area contributed by atoms with E-state index < -0.39 is 0 Å². The summed E-state index contributed by atoms with van der Waals surface area (Å²) in [5.74, 6) is 0.851. The fourth-order valence-corrected chi connectivity index (χ4v) is 2.83. The van der Waals surface area contributed by atoms with Gasteiger partial charge in [0.2, 0.25) is 0 Å². The molecular weight excluding hydrogens is 270 g/mol. The quantitative estimate of drug-likeness (QED) is 0.717. The molecule has 3 aromatic rings. The van der Waals surface area contributed by atoms with Crippen LogP contribution >= 0.6 is 11.8 Å². The zero-order valence-corrected chi connectivity index (χ0v) is 11.9. The molecule has 0 saturated carbocycles. The number of aromatic amines is 1. The molecule has 0 fully saturated rings. The highest BCUT2D eigenvalue weighted by molar-refractivity contribution is 7.99. The van der Waals surface area contributed by atoms with E-state index in [1.54, 1.807) is 11.8 Å². The molecule has 0 aliphatic heterocycles. The number of aromatic nitrogens is 2.